The molecule has 1 aliphatic heterocycles. The summed E-state index contributed by atoms with van der Waals surface area (Å²) in [6, 6.07) is 7.85. The number of hydrogen-bond donors (Lipinski definition) is 1. The highest BCUT2D eigenvalue weighted by atomic mass is 16.5. The van der Waals surface area contributed by atoms with Crippen molar-refractivity contribution in [1.82, 2.24) is 4.98 Å². The first-order valence-corrected chi connectivity index (χ1v) is 7.16. The van der Waals surface area contributed by atoms with Crippen molar-refractivity contribution < 1.29 is 9.53 Å². The topological polar surface area (TPSA) is 54.5 Å². The van der Waals surface area contributed by atoms with E-state index in [0.29, 0.717) is 0 Å². The van der Waals surface area contributed by atoms with Gasteiger partial charge in [-0.2, -0.15) is 0 Å². The van der Waals surface area contributed by atoms with E-state index in [1.807, 2.05) is 25.2 Å². The zero-order chi connectivity index (χ0) is 14.8. The summed E-state index contributed by atoms with van der Waals surface area (Å²) in [6.07, 6.45) is 3.58. The fraction of sp³-hybridized carbons (Fsp3) is 0.375. The summed E-state index contributed by atoms with van der Waals surface area (Å²) >= 11 is 0. The Hall–Kier alpha value is -2.30. The second-order valence-electron chi connectivity index (χ2n) is 5.16. The van der Waals surface area contributed by atoms with Gasteiger partial charge >= 0.3 is 5.97 Å². The molecule has 110 valence electrons. The normalized spacial score (nSPS) is 18.0. The minimum absolute atomic E-state index is 0.187. The molecule has 1 unspecified atom stereocenters. The number of pyridine rings is 1. The Morgan fingerprint density at radius 2 is 2.29 bits per heavy atom. The molecule has 0 aliphatic carbocycles. The third kappa shape index (κ3) is 2.28. The summed E-state index contributed by atoms with van der Waals surface area (Å²) in [5, 5.41) is 5.38. The summed E-state index contributed by atoms with van der Waals surface area (Å²) in [7, 11) is 3.34. The zero-order valence-corrected chi connectivity index (χ0v) is 12.3. The van der Waals surface area contributed by atoms with Crippen LogP contribution in [0, 0.1) is 0 Å². The molecule has 0 bridgehead atoms. The number of aromatic nitrogens is 1. The first kappa shape index (κ1) is 13.7. The van der Waals surface area contributed by atoms with Crippen LogP contribution >= 0.6 is 0 Å². The van der Waals surface area contributed by atoms with Gasteiger partial charge in [0.05, 0.1) is 7.11 Å². The fourth-order valence-electron chi connectivity index (χ4n) is 3.04. The van der Waals surface area contributed by atoms with E-state index >= 15 is 0 Å². The van der Waals surface area contributed by atoms with E-state index in [9.17, 15) is 4.79 Å². The van der Waals surface area contributed by atoms with Gasteiger partial charge in [0.25, 0.3) is 0 Å². The van der Waals surface area contributed by atoms with Gasteiger partial charge in [-0.15, -0.1) is 0 Å². The van der Waals surface area contributed by atoms with Gasteiger partial charge < -0.3 is 15.0 Å². The first-order valence-electron chi connectivity index (χ1n) is 7.16. The molecule has 0 amide bonds. The van der Waals surface area contributed by atoms with E-state index in [0.717, 1.165) is 41.7 Å². The number of rotatable bonds is 3. The highest BCUT2D eigenvalue weighted by Crippen LogP contribution is 2.34. The number of benzene rings is 1. The van der Waals surface area contributed by atoms with E-state index in [2.05, 4.69) is 21.3 Å². The van der Waals surface area contributed by atoms with Crippen molar-refractivity contribution in [1.29, 1.82) is 0 Å². The van der Waals surface area contributed by atoms with Gasteiger partial charge in [-0.3, -0.25) is 0 Å². The average molecular weight is 285 g/mol. The molecule has 1 saturated heterocycles. The molecule has 2 heterocycles. The third-order valence-electron chi connectivity index (χ3n) is 4.04. The van der Waals surface area contributed by atoms with Crippen molar-refractivity contribution in [3.8, 4) is 0 Å². The molecular formula is C16H19N3O2. The van der Waals surface area contributed by atoms with Crippen LogP contribution in [-0.4, -0.2) is 37.7 Å². The molecule has 5 nitrogen and oxygen atoms in total. The average Bonchev–Trinajstić information content (AvgIpc) is 3.02. The maximum atomic E-state index is 12.0. The molecule has 1 fully saturated rings. The van der Waals surface area contributed by atoms with E-state index in [4.69, 9.17) is 4.74 Å². The maximum absolute atomic E-state index is 12.0. The highest BCUT2D eigenvalue weighted by Gasteiger charge is 2.33. The molecule has 0 spiro atoms. The van der Waals surface area contributed by atoms with Crippen molar-refractivity contribution in [2.45, 2.75) is 18.9 Å². The van der Waals surface area contributed by atoms with Crippen molar-refractivity contribution in [3.05, 3.63) is 30.5 Å². The van der Waals surface area contributed by atoms with Gasteiger partial charge in [0.2, 0.25) is 0 Å². The Labute approximate surface area is 123 Å². The van der Waals surface area contributed by atoms with Crippen LogP contribution in [0.2, 0.25) is 0 Å². The lowest BCUT2D eigenvalue weighted by molar-refractivity contribution is -0.141. The Bertz CT molecular complexity index is 666. The summed E-state index contributed by atoms with van der Waals surface area (Å²) < 4.78 is 4.93. The number of esters is 1. The molecular weight excluding hydrogens is 266 g/mol. The molecule has 5 heteroatoms. The number of ether oxygens (including phenoxy) is 1. The Morgan fingerprint density at radius 1 is 1.43 bits per heavy atom. The zero-order valence-electron chi connectivity index (χ0n) is 12.3. The van der Waals surface area contributed by atoms with Crippen LogP contribution in [0.4, 0.5) is 11.5 Å². The van der Waals surface area contributed by atoms with Crippen molar-refractivity contribution in [3.63, 3.8) is 0 Å². The molecule has 0 saturated carbocycles. The number of nitrogens with zero attached hydrogens (tertiary/aromatic N) is 2. The van der Waals surface area contributed by atoms with E-state index in [-0.39, 0.29) is 12.0 Å². The van der Waals surface area contributed by atoms with Gasteiger partial charge in [0, 0.05) is 30.9 Å². The highest BCUT2D eigenvalue weighted by molar-refractivity contribution is 6.02. The van der Waals surface area contributed by atoms with Crippen LogP contribution in [-0.2, 0) is 9.53 Å². The molecule has 1 aromatic carbocycles. The van der Waals surface area contributed by atoms with Gasteiger partial charge in [-0.25, -0.2) is 9.78 Å². The van der Waals surface area contributed by atoms with Gasteiger partial charge in [0.15, 0.2) is 0 Å². The van der Waals surface area contributed by atoms with Crippen LogP contribution in [0.25, 0.3) is 10.8 Å². The standard InChI is InChI=1S/C16H19N3O2/c1-17-12-6-3-5-11-8-9-18-15(14(11)12)19-10-4-7-13(19)16(20)21-2/h3,5-6,8-9,13,17H,4,7,10H2,1-2H3. The second-order valence-corrected chi connectivity index (χ2v) is 5.16. The van der Waals surface area contributed by atoms with Crippen LogP contribution in [0.3, 0.4) is 0 Å². The summed E-state index contributed by atoms with van der Waals surface area (Å²) in [6.45, 7) is 0.823. The smallest absolute Gasteiger partial charge is 0.328 e. The van der Waals surface area contributed by atoms with Crippen LogP contribution in [0.1, 0.15) is 12.8 Å². The number of fused-ring (bicyclic) bond motifs is 1. The molecule has 1 atom stereocenters. The molecule has 21 heavy (non-hydrogen) atoms. The summed E-state index contributed by atoms with van der Waals surface area (Å²) in [5.41, 5.74) is 1.02. The summed E-state index contributed by atoms with van der Waals surface area (Å²) in [5.74, 6) is 0.665. The fourth-order valence-corrected chi connectivity index (χ4v) is 3.04. The molecule has 3 rings (SSSR count). The van der Waals surface area contributed by atoms with Crippen molar-refractivity contribution >= 4 is 28.2 Å². The lowest BCUT2D eigenvalue weighted by Crippen LogP contribution is -2.37. The number of carbonyl (C=O) groups is 1. The van der Waals surface area contributed by atoms with Crippen LogP contribution < -0.4 is 10.2 Å². The largest absolute Gasteiger partial charge is 0.467 e. The molecule has 1 aromatic heterocycles. The Morgan fingerprint density at radius 3 is 3.05 bits per heavy atom. The molecule has 1 aliphatic rings. The quantitative estimate of drug-likeness (QED) is 0.878. The minimum atomic E-state index is -0.238. The van der Waals surface area contributed by atoms with Crippen molar-refractivity contribution in [2.24, 2.45) is 0 Å². The first-order chi connectivity index (χ1) is 10.3. The predicted octanol–water partition coefficient (Wildman–Crippen LogP) is 2.42. The van der Waals surface area contributed by atoms with Gasteiger partial charge in [-0.1, -0.05) is 12.1 Å². The predicted molar refractivity (Wildman–Crippen MR) is 83.7 cm³/mol. The number of carbonyl (C=O) groups excluding carboxylic acids is 1. The number of hydrogen-bond acceptors (Lipinski definition) is 5. The Kier molecular flexibility index (Phi) is 3.64. The Balaban J connectivity index is 2.13. The van der Waals surface area contributed by atoms with E-state index < -0.39 is 0 Å². The number of anilines is 2. The van der Waals surface area contributed by atoms with Crippen molar-refractivity contribution in [2.75, 3.05) is 30.9 Å². The van der Waals surface area contributed by atoms with Gasteiger partial charge in [-0.05, 0) is 30.4 Å². The third-order valence-corrected chi connectivity index (χ3v) is 4.04. The summed E-state index contributed by atoms with van der Waals surface area (Å²) in [4.78, 5) is 18.6. The van der Waals surface area contributed by atoms with Crippen LogP contribution in [0.15, 0.2) is 30.5 Å². The van der Waals surface area contributed by atoms with Gasteiger partial charge in [0.1, 0.15) is 11.9 Å². The monoisotopic (exact) mass is 285 g/mol. The molecule has 0 radical (unpaired) electrons. The maximum Gasteiger partial charge on any atom is 0.328 e. The SMILES string of the molecule is CNc1cccc2ccnc(N3CCCC3C(=O)OC)c12. The lowest BCUT2D eigenvalue weighted by Gasteiger charge is -2.25. The lowest BCUT2D eigenvalue weighted by atomic mass is 10.1. The molecule has 2 aromatic rings. The number of methoxy groups -OCH3 is 1. The van der Waals surface area contributed by atoms with E-state index in [1.165, 1.54) is 7.11 Å². The second kappa shape index (κ2) is 5.60. The van der Waals surface area contributed by atoms with Crippen LogP contribution in [0.5, 0.6) is 0 Å². The number of nitrogens with one attached hydrogen (secondary N) is 1. The van der Waals surface area contributed by atoms with E-state index in [1.54, 1.807) is 6.20 Å². The minimum Gasteiger partial charge on any atom is -0.467 e. The molecule has 1 N–H and O–H groups in total.